The van der Waals surface area contributed by atoms with Crippen LogP contribution in [0.25, 0.3) is 0 Å². The second-order valence-electron chi connectivity index (χ2n) is 5.22. The molecule has 0 aromatic carbocycles. The van der Waals surface area contributed by atoms with Gasteiger partial charge in [0.25, 0.3) is 0 Å². The molecule has 1 rings (SSSR count). The van der Waals surface area contributed by atoms with E-state index in [1.54, 1.807) is 0 Å². The van der Waals surface area contributed by atoms with Crippen molar-refractivity contribution in [1.29, 1.82) is 0 Å². The van der Waals surface area contributed by atoms with Crippen LogP contribution in [0, 0.1) is 5.41 Å². The van der Waals surface area contributed by atoms with Crippen molar-refractivity contribution in [2.75, 3.05) is 6.54 Å². The van der Waals surface area contributed by atoms with Crippen molar-refractivity contribution in [3.63, 3.8) is 0 Å². The van der Waals surface area contributed by atoms with Crippen LogP contribution in [0.5, 0.6) is 0 Å². The highest BCUT2D eigenvalue weighted by Crippen LogP contribution is 2.44. The van der Waals surface area contributed by atoms with E-state index >= 15 is 0 Å². The predicted molar refractivity (Wildman–Crippen MR) is 55.7 cm³/mol. The molecule has 13 heavy (non-hydrogen) atoms. The van der Waals surface area contributed by atoms with Gasteiger partial charge in [0.15, 0.2) is 0 Å². The van der Waals surface area contributed by atoms with E-state index in [1.807, 2.05) is 0 Å². The Bertz CT molecular complexity index is 179. The van der Waals surface area contributed by atoms with E-state index in [4.69, 9.17) is 0 Å². The normalized spacial score (nSPS) is 34.8. The van der Waals surface area contributed by atoms with Crippen molar-refractivity contribution in [2.24, 2.45) is 5.41 Å². The zero-order chi connectivity index (χ0) is 10.1. The maximum absolute atomic E-state index is 10.4. The van der Waals surface area contributed by atoms with Crippen molar-refractivity contribution in [3.8, 4) is 0 Å². The number of hydrogen-bond acceptors (Lipinski definition) is 2. The second-order valence-corrected chi connectivity index (χ2v) is 5.22. The largest absolute Gasteiger partial charge is 0.388 e. The minimum absolute atomic E-state index is 0.222. The fourth-order valence-corrected chi connectivity index (χ4v) is 2.43. The minimum atomic E-state index is -0.473. The molecule has 2 heteroatoms. The Morgan fingerprint density at radius 1 is 1.38 bits per heavy atom. The first kappa shape index (κ1) is 11.0. The van der Waals surface area contributed by atoms with Gasteiger partial charge in [0.1, 0.15) is 0 Å². The van der Waals surface area contributed by atoms with E-state index in [1.165, 1.54) is 0 Å². The molecule has 1 aliphatic carbocycles. The van der Waals surface area contributed by atoms with E-state index < -0.39 is 5.60 Å². The Hall–Kier alpha value is -0.0800. The maximum atomic E-state index is 10.4. The van der Waals surface area contributed by atoms with Crippen molar-refractivity contribution < 1.29 is 5.11 Å². The van der Waals surface area contributed by atoms with Gasteiger partial charge in [-0.3, -0.25) is 0 Å². The first-order valence-corrected chi connectivity index (χ1v) is 5.35. The van der Waals surface area contributed by atoms with Gasteiger partial charge >= 0.3 is 0 Å². The fourth-order valence-electron chi connectivity index (χ4n) is 2.43. The highest BCUT2D eigenvalue weighted by Gasteiger charge is 2.44. The molecular weight excluding hydrogens is 162 g/mol. The topological polar surface area (TPSA) is 32.3 Å². The third-order valence-electron chi connectivity index (χ3n) is 3.34. The van der Waals surface area contributed by atoms with Gasteiger partial charge in [-0.25, -0.2) is 0 Å². The number of hydrogen-bond donors (Lipinski definition) is 2. The smallest absolute Gasteiger partial charge is 0.0802 e. The molecule has 0 bridgehead atoms. The zero-order valence-corrected chi connectivity index (χ0v) is 9.35. The number of likely N-dealkylation sites (N-methyl/N-ethyl adjacent to an activating group) is 1. The summed E-state index contributed by atoms with van der Waals surface area (Å²) in [6.45, 7) is 9.59. The zero-order valence-electron chi connectivity index (χ0n) is 9.35. The molecule has 0 radical (unpaired) electrons. The maximum Gasteiger partial charge on any atom is 0.0802 e. The fraction of sp³-hybridized carbons (Fsp3) is 1.00. The summed E-state index contributed by atoms with van der Waals surface area (Å²) in [5, 5.41) is 13.7. The molecule has 78 valence electrons. The summed E-state index contributed by atoms with van der Waals surface area (Å²) in [4.78, 5) is 0. The van der Waals surface area contributed by atoms with E-state index in [2.05, 4.69) is 33.0 Å². The summed E-state index contributed by atoms with van der Waals surface area (Å²) in [5.74, 6) is 0. The third-order valence-corrected chi connectivity index (χ3v) is 3.34. The SMILES string of the molecule is CCNC(C)C1(O)CCC(C)(C)C1. The van der Waals surface area contributed by atoms with Gasteiger partial charge in [-0.05, 0) is 38.1 Å². The van der Waals surface area contributed by atoms with Crippen molar-refractivity contribution >= 4 is 0 Å². The third kappa shape index (κ3) is 2.44. The Morgan fingerprint density at radius 2 is 2.00 bits per heavy atom. The van der Waals surface area contributed by atoms with Crippen LogP contribution in [-0.2, 0) is 0 Å². The molecule has 0 aromatic heterocycles. The lowest BCUT2D eigenvalue weighted by Gasteiger charge is -2.32. The summed E-state index contributed by atoms with van der Waals surface area (Å²) in [6, 6.07) is 0.222. The molecule has 2 nitrogen and oxygen atoms in total. The summed E-state index contributed by atoms with van der Waals surface area (Å²) in [7, 11) is 0. The van der Waals surface area contributed by atoms with Crippen LogP contribution in [0.1, 0.15) is 47.0 Å². The monoisotopic (exact) mass is 185 g/mol. The molecule has 1 aliphatic rings. The van der Waals surface area contributed by atoms with Crippen LogP contribution in [0.4, 0.5) is 0 Å². The quantitative estimate of drug-likeness (QED) is 0.704. The van der Waals surface area contributed by atoms with Gasteiger partial charge in [-0.1, -0.05) is 20.8 Å². The average Bonchev–Trinajstić information content (AvgIpc) is 2.28. The predicted octanol–water partition coefficient (Wildman–Crippen LogP) is 1.93. The average molecular weight is 185 g/mol. The van der Waals surface area contributed by atoms with Crippen molar-refractivity contribution in [1.82, 2.24) is 5.32 Å². The lowest BCUT2D eigenvalue weighted by Crippen LogP contribution is -2.47. The summed E-state index contributed by atoms with van der Waals surface area (Å²) in [6.07, 6.45) is 3.00. The molecule has 0 amide bonds. The Kier molecular flexibility index (Phi) is 3.03. The molecule has 0 aromatic rings. The van der Waals surface area contributed by atoms with Gasteiger partial charge in [0, 0.05) is 6.04 Å². The van der Waals surface area contributed by atoms with Gasteiger partial charge < -0.3 is 10.4 Å². The second kappa shape index (κ2) is 3.58. The first-order valence-electron chi connectivity index (χ1n) is 5.35. The van der Waals surface area contributed by atoms with Crippen LogP contribution in [0.3, 0.4) is 0 Å². The Morgan fingerprint density at radius 3 is 2.38 bits per heavy atom. The molecule has 2 atom stereocenters. The molecule has 0 saturated heterocycles. The standard InChI is InChI=1S/C11H23NO/c1-5-12-9(2)11(13)7-6-10(3,4)8-11/h9,12-13H,5-8H2,1-4H3. The molecule has 1 fully saturated rings. The van der Waals surface area contributed by atoms with Crippen LogP contribution >= 0.6 is 0 Å². The summed E-state index contributed by atoms with van der Waals surface area (Å²) >= 11 is 0. The minimum Gasteiger partial charge on any atom is -0.388 e. The Labute approximate surface area is 81.7 Å². The molecule has 0 aliphatic heterocycles. The van der Waals surface area contributed by atoms with Crippen LogP contribution in [-0.4, -0.2) is 23.3 Å². The number of rotatable bonds is 3. The lowest BCUT2D eigenvalue weighted by molar-refractivity contribution is 0.00575. The highest BCUT2D eigenvalue weighted by molar-refractivity contribution is 4.99. The van der Waals surface area contributed by atoms with Gasteiger partial charge in [0.05, 0.1) is 5.60 Å². The van der Waals surface area contributed by atoms with E-state index in [0.717, 1.165) is 25.8 Å². The van der Waals surface area contributed by atoms with E-state index in [-0.39, 0.29) is 6.04 Å². The number of nitrogens with one attached hydrogen (secondary N) is 1. The lowest BCUT2D eigenvalue weighted by atomic mass is 9.86. The van der Waals surface area contributed by atoms with Gasteiger partial charge in [0.2, 0.25) is 0 Å². The van der Waals surface area contributed by atoms with E-state index in [0.29, 0.717) is 5.41 Å². The van der Waals surface area contributed by atoms with E-state index in [9.17, 15) is 5.11 Å². The summed E-state index contributed by atoms with van der Waals surface area (Å²) in [5.41, 5.74) is -0.155. The Balaban J connectivity index is 2.58. The molecular formula is C11H23NO. The van der Waals surface area contributed by atoms with Crippen molar-refractivity contribution in [2.45, 2.75) is 58.6 Å². The molecule has 2 N–H and O–H groups in total. The number of aliphatic hydroxyl groups is 1. The molecule has 0 spiro atoms. The van der Waals surface area contributed by atoms with Gasteiger partial charge in [-0.2, -0.15) is 0 Å². The molecule has 0 heterocycles. The van der Waals surface area contributed by atoms with Crippen LogP contribution in [0.2, 0.25) is 0 Å². The molecule has 2 unspecified atom stereocenters. The van der Waals surface area contributed by atoms with Crippen LogP contribution in [0.15, 0.2) is 0 Å². The van der Waals surface area contributed by atoms with Crippen LogP contribution < -0.4 is 5.32 Å². The highest BCUT2D eigenvalue weighted by atomic mass is 16.3. The van der Waals surface area contributed by atoms with Crippen molar-refractivity contribution in [3.05, 3.63) is 0 Å². The first-order chi connectivity index (χ1) is 5.90. The van der Waals surface area contributed by atoms with Gasteiger partial charge in [-0.15, -0.1) is 0 Å². The molecule has 1 saturated carbocycles. The summed E-state index contributed by atoms with van der Waals surface area (Å²) < 4.78 is 0.